The van der Waals surface area contributed by atoms with Gasteiger partial charge in [0.1, 0.15) is 0 Å². The van der Waals surface area contributed by atoms with Crippen molar-refractivity contribution in [3.8, 4) is 0 Å². The lowest BCUT2D eigenvalue weighted by Gasteiger charge is -2.19. The molecule has 0 unspecified atom stereocenters. The zero-order valence-corrected chi connectivity index (χ0v) is 12.5. The molecule has 1 aliphatic rings. The van der Waals surface area contributed by atoms with Gasteiger partial charge in [0.05, 0.1) is 0 Å². The van der Waals surface area contributed by atoms with Crippen molar-refractivity contribution in [3.05, 3.63) is 35.4 Å². The number of hydrogen-bond acceptors (Lipinski definition) is 2. The number of rotatable bonds is 5. The fraction of sp³-hybridized carbons (Fsp3) is 0.647. The van der Waals surface area contributed by atoms with Gasteiger partial charge >= 0.3 is 0 Å². The Balaban J connectivity index is 1.83. The van der Waals surface area contributed by atoms with E-state index in [9.17, 15) is 0 Å². The van der Waals surface area contributed by atoms with E-state index in [4.69, 9.17) is 0 Å². The monoisotopic (exact) mass is 260 g/mol. The van der Waals surface area contributed by atoms with E-state index in [1.165, 1.54) is 49.9 Å². The SMILES string of the molecule is CC(C)NCc1ccc(CN2CCCCCC2)cc1. The van der Waals surface area contributed by atoms with Crippen LogP contribution in [0.1, 0.15) is 50.7 Å². The first-order chi connectivity index (χ1) is 9.24. The molecule has 0 bridgehead atoms. The van der Waals surface area contributed by atoms with E-state index in [1.807, 2.05) is 0 Å². The van der Waals surface area contributed by atoms with Crippen molar-refractivity contribution in [1.29, 1.82) is 0 Å². The molecule has 1 aromatic rings. The van der Waals surface area contributed by atoms with Crippen molar-refractivity contribution in [1.82, 2.24) is 10.2 Å². The van der Waals surface area contributed by atoms with Gasteiger partial charge in [-0.1, -0.05) is 51.0 Å². The van der Waals surface area contributed by atoms with Crippen LogP contribution in [0.5, 0.6) is 0 Å². The van der Waals surface area contributed by atoms with Gasteiger partial charge in [-0.25, -0.2) is 0 Å². The highest BCUT2D eigenvalue weighted by molar-refractivity contribution is 5.22. The molecule has 1 N–H and O–H groups in total. The van der Waals surface area contributed by atoms with Gasteiger partial charge in [-0.15, -0.1) is 0 Å². The Hall–Kier alpha value is -0.860. The predicted molar refractivity (Wildman–Crippen MR) is 82.2 cm³/mol. The summed E-state index contributed by atoms with van der Waals surface area (Å²) in [6.45, 7) is 9.02. The summed E-state index contributed by atoms with van der Waals surface area (Å²) in [7, 11) is 0. The molecule has 0 aromatic heterocycles. The summed E-state index contributed by atoms with van der Waals surface area (Å²) in [4.78, 5) is 2.61. The second-order valence-corrected chi connectivity index (χ2v) is 6.04. The number of benzene rings is 1. The minimum atomic E-state index is 0.553. The van der Waals surface area contributed by atoms with Crippen molar-refractivity contribution in [3.63, 3.8) is 0 Å². The minimum absolute atomic E-state index is 0.553. The van der Waals surface area contributed by atoms with Gasteiger partial charge in [0.25, 0.3) is 0 Å². The molecule has 1 aromatic carbocycles. The average molecular weight is 260 g/mol. The average Bonchev–Trinajstić information content (AvgIpc) is 2.66. The van der Waals surface area contributed by atoms with E-state index in [2.05, 4.69) is 48.3 Å². The fourth-order valence-corrected chi connectivity index (χ4v) is 2.64. The maximum Gasteiger partial charge on any atom is 0.0233 e. The second kappa shape index (κ2) is 7.66. The first-order valence-corrected chi connectivity index (χ1v) is 7.77. The molecule has 19 heavy (non-hydrogen) atoms. The summed E-state index contributed by atoms with van der Waals surface area (Å²) >= 11 is 0. The van der Waals surface area contributed by atoms with Crippen molar-refractivity contribution < 1.29 is 0 Å². The van der Waals surface area contributed by atoms with Gasteiger partial charge < -0.3 is 5.32 Å². The molecule has 2 rings (SSSR count). The Labute approximate surface area is 118 Å². The summed E-state index contributed by atoms with van der Waals surface area (Å²) in [6, 6.07) is 9.67. The molecule has 0 saturated carbocycles. The van der Waals surface area contributed by atoms with Crippen molar-refractivity contribution in [2.75, 3.05) is 13.1 Å². The molecule has 2 nitrogen and oxygen atoms in total. The first-order valence-electron chi connectivity index (χ1n) is 7.77. The van der Waals surface area contributed by atoms with Crippen molar-refractivity contribution >= 4 is 0 Å². The standard InChI is InChI=1S/C17H28N2/c1-15(2)18-13-16-7-9-17(10-8-16)14-19-11-5-3-4-6-12-19/h7-10,15,18H,3-6,11-14H2,1-2H3. The van der Waals surface area contributed by atoms with E-state index in [-0.39, 0.29) is 0 Å². The van der Waals surface area contributed by atoms with E-state index < -0.39 is 0 Å². The molecule has 2 heteroatoms. The molecule has 0 amide bonds. The van der Waals surface area contributed by atoms with E-state index in [1.54, 1.807) is 0 Å². The van der Waals surface area contributed by atoms with Crippen LogP contribution in [-0.2, 0) is 13.1 Å². The molecule has 0 radical (unpaired) electrons. The third kappa shape index (κ3) is 5.33. The minimum Gasteiger partial charge on any atom is -0.310 e. The second-order valence-electron chi connectivity index (χ2n) is 6.04. The third-order valence-corrected chi connectivity index (χ3v) is 3.84. The Morgan fingerprint density at radius 1 is 0.947 bits per heavy atom. The Kier molecular flexibility index (Phi) is 5.87. The number of hydrogen-bond donors (Lipinski definition) is 1. The quantitative estimate of drug-likeness (QED) is 0.871. The van der Waals surface area contributed by atoms with Gasteiger partial charge in [0, 0.05) is 19.1 Å². The lowest BCUT2D eigenvalue weighted by atomic mass is 10.1. The van der Waals surface area contributed by atoms with Crippen LogP contribution in [0.3, 0.4) is 0 Å². The summed E-state index contributed by atoms with van der Waals surface area (Å²) in [5, 5.41) is 3.46. The lowest BCUT2D eigenvalue weighted by molar-refractivity contribution is 0.277. The van der Waals surface area contributed by atoms with E-state index in [0.717, 1.165) is 13.1 Å². The lowest BCUT2D eigenvalue weighted by Crippen LogP contribution is -2.24. The van der Waals surface area contributed by atoms with Gasteiger partial charge in [0.15, 0.2) is 0 Å². The smallest absolute Gasteiger partial charge is 0.0233 e. The summed E-state index contributed by atoms with van der Waals surface area (Å²) in [5.41, 5.74) is 2.84. The van der Waals surface area contributed by atoms with Crippen molar-refractivity contribution in [2.24, 2.45) is 0 Å². The molecule has 1 saturated heterocycles. The van der Waals surface area contributed by atoms with Crippen LogP contribution >= 0.6 is 0 Å². The van der Waals surface area contributed by atoms with Gasteiger partial charge in [0.2, 0.25) is 0 Å². The highest BCUT2D eigenvalue weighted by atomic mass is 15.1. The zero-order valence-electron chi connectivity index (χ0n) is 12.5. The highest BCUT2D eigenvalue weighted by Gasteiger charge is 2.09. The normalized spacial score (nSPS) is 17.6. The zero-order chi connectivity index (χ0) is 13.5. The largest absolute Gasteiger partial charge is 0.310 e. The summed E-state index contributed by atoms with van der Waals surface area (Å²) in [6.07, 6.45) is 5.57. The number of nitrogens with one attached hydrogen (secondary N) is 1. The third-order valence-electron chi connectivity index (χ3n) is 3.84. The molecular formula is C17H28N2. The number of nitrogens with zero attached hydrogens (tertiary/aromatic N) is 1. The molecule has 1 fully saturated rings. The van der Waals surface area contributed by atoms with Gasteiger partial charge in [-0.3, -0.25) is 4.90 Å². The Morgan fingerprint density at radius 3 is 2.11 bits per heavy atom. The maximum absolute atomic E-state index is 3.46. The van der Waals surface area contributed by atoms with Crippen LogP contribution in [0.25, 0.3) is 0 Å². The topological polar surface area (TPSA) is 15.3 Å². The predicted octanol–water partition coefficient (Wildman–Crippen LogP) is 3.56. The van der Waals surface area contributed by atoms with Crippen LogP contribution in [0, 0.1) is 0 Å². The molecule has 0 spiro atoms. The molecule has 1 aliphatic heterocycles. The summed E-state index contributed by atoms with van der Waals surface area (Å²) in [5.74, 6) is 0. The molecular weight excluding hydrogens is 232 g/mol. The fourth-order valence-electron chi connectivity index (χ4n) is 2.64. The number of likely N-dealkylation sites (tertiary alicyclic amines) is 1. The van der Waals surface area contributed by atoms with Crippen LogP contribution in [-0.4, -0.2) is 24.0 Å². The van der Waals surface area contributed by atoms with E-state index in [0.29, 0.717) is 6.04 Å². The first kappa shape index (κ1) is 14.5. The molecule has 1 heterocycles. The van der Waals surface area contributed by atoms with Crippen LogP contribution in [0.15, 0.2) is 24.3 Å². The molecule has 0 aliphatic carbocycles. The van der Waals surface area contributed by atoms with E-state index >= 15 is 0 Å². The summed E-state index contributed by atoms with van der Waals surface area (Å²) < 4.78 is 0. The highest BCUT2D eigenvalue weighted by Crippen LogP contribution is 2.13. The van der Waals surface area contributed by atoms with Crippen molar-refractivity contribution in [2.45, 2.75) is 58.7 Å². The van der Waals surface area contributed by atoms with Gasteiger partial charge in [-0.2, -0.15) is 0 Å². The Bertz CT molecular complexity index is 348. The molecule has 0 atom stereocenters. The molecule has 106 valence electrons. The maximum atomic E-state index is 3.46. The van der Waals surface area contributed by atoms with Crippen LogP contribution in [0.4, 0.5) is 0 Å². The van der Waals surface area contributed by atoms with Crippen LogP contribution in [0.2, 0.25) is 0 Å². The van der Waals surface area contributed by atoms with Crippen LogP contribution < -0.4 is 5.32 Å². The van der Waals surface area contributed by atoms with Gasteiger partial charge in [-0.05, 0) is 37.1 Å². The Morgan fingerprint density at radius 2 is 1.53 bits per heavy atom.